The number of nitrogens with zero attached hydrogens (tertiary/aromatic N) is 5. The van der Waals surface area contributed by atoms with Crippen LogP contribution in [-0.2, 0) is 43.3 Å². The van der Waals surface area contributed by atoms with Gasteiger partial charge in [0.2, 0.25) is 5.91 Å². The van der Waals surface area contributed by atoms with E-state index in [1.807, 2.05) is 40.9 Å². The van der Waals surface area contributed by atoms with Gasteiger partial charge in [0.15, 0.2) is 0 Å². The Morgan fingerprint density at radius 1 is 0.770 bits per heavy atom. The van der Waals surface area contributed by atoms with Gasteiger partial charge >= 0.3 is 0 Å². The van der Waals surface area contributed by atoms with E-state index in [0.29, 0.717) is 133 Å². The summed E-state index contributed by atoms with van der Waals surface area (Å²) in [6, 6.07) is 18.3. The van der Waals surface area contributed by atoms with E-state index in [1.54, 1.807) is 18.2 Å². The van der Waals surface area contributed by atoms with Crippen LogP contribution in [0.5, 0.6) is 0 Å². The van der Waals surface area contributed by atoms with Crippen molar-refractivity contribution in [2.24, 2.45) is 17.4 Å². The average Bonchev–Trinajstić information content (AvgIpc) is 3.78. The van der Waals surface area contributed by atoms with Crippen molar-refractivity contribution < 1.29 is 37.7 Å². The fraction of sp³-hybridized carbons (Fsp3) is 0.618. The lowest BCUT2D eigenvalue weighted by atomic mass is 9.95. The van der Waals surface area contributed by atoms with E-state index in [0.717, 1.165) is 68.9 Å². The average molecular weight is 1050 g/mol. The lowest BCUT2D eigenvalue weighted by molar-refractivity contribution is -0.122. The number of nitrogens with two attached hydrogens (primary N) is 2. The lowest BCUT2D eigenvalue weighted by Gasteiger charge is -2.35. The number of hydrogen-bond acceptors (Lipinski definition) is 15. The zero-order valence-corrected chi connectivity index (χ0v) is 44.1. The number of rotatable bonds is 33. The summed E-state index contributed by atoms with van der Waals surface area (Å²) in [7, 11) is 0. The van der Waals surface area contributed by atoms with E-state index in [1.165, 1.54) is 37.6 Å². The highest BCUT2D eigenvalue weighted by Crippen LogP contribution is 2.34. The van der Waals surface area contributed by atoms with Gasteiger partial charge in [-0.15, -0.1) is 0 Å². The number of ether oxygens (including phenoxy) is 4. The maximum Gasteiger partial charge on any atom is 0.270 e. The number of amides is 3. The molecular formula is C55H81FN10O7S. The molecule has 4 heterocycles. The summed E-state index contributed by atoms with van der Waals surface area (Å²) in [5.41, 5.74) is 16.2. The summed E-state index contributed by atoms with van der Waals surface area (Å²) in [5.74, 6) is 0.673. The number of pyridine rings is 1. The van der Waals surface area contributed by atoms with Gasteiger partial charge in [0.25, 0.3) is 11.8 Å². The molecule has 3 unspecified atom stereocenters. The summed E-state index contributed by atoms with van der Waals surface area (Å²) >= 11 is 1.99. The molecule has 3 saturated heterocycles. The third-order valence-electron chi connectivity index (χ3n) is 13.9. The monoisotopic (exact) mass is 1040 g/mol. The number of likely N-dealkylation sites (tertiary alicyclic amines) is 1. The van der Waals surface area contributed by atoms with Gasteiger partial charge in [0.1, 0.15) is 11.5 Å². The topological polar surface area (TPSA) is 223 Å². The highest BCUT2D eigenvalue weighted by molar-refractivity contribution is 8.00. The third kappa shape index (κ3) is 20.9. The van der Waals surface area contributed by atoms with Crippen LogP contribution in [0, 0.1) is 23.1 Å². The lowest BCUT2D eigenvalue weighted by Crippen LogP contribution is -2.48. The van der Waals surface area contributed by atoms with E-state index in [9.17, 15) is 18.8 Å². The van der Waals surface area contributed by atoms with Gasteiger partial charge in [-0.2, -0.15) is 17.0 Å². The molecule has 6 rings (SSSR count). The van der Waals surface area contributed by atoms with E-state index in [-0.39, 0.29) is 54.3 Å². The number of piperidine rings is 1. The molecule has 3 atom stereocenters. The predicted molar refractivity (Wildman–Crippen MR) is 286 cm³/mol. The Hall–Kier alpha value is -4.59. The standard InChI is InChI=1S/C55H81FN10O7S/c56-47-13-11-44(12-14-47)40-65-23-25-66(26-24-65)55(69)46-35-45(53(62-38-46)54(68)63-48-15-21-64(22-16-48)39-43-9-7-42(36-57)8-10-43)5-4-19-61-52(67)17-27-70-29-31-72-33-34-73-32-30-71-28-20-60-18-3-1-2-6-51-49(37-58)50(59)41-74-51/h7-14,35,38,48-51,60H,1-6,15-34,37,39-41,58-59H2,(H,61,67)(H,63,68). The van der Waals surface area contributed by atoms with Gasteiger partial charge < -0.3 is 51.3 Å². The molecule has 2 aromatic carbocycles. The zero-order valence-electron chi connectivity index (χ0n) is 43.3. The highest BCUT2D eigenvalue weighted by atomic mass is 32.2. The molecule has 7 N–H and O–H groups in total. The fourth-order valence-corrected chi connectivity index (χ4v) is 11.1. The number of carbonyl (C=O) groups is 3. The molecule has 3 aliphatic heterocycles. The van der Waals surface area contributed by atoms with Crippen molar-refractivity contribution in [3.05, 3.63) is 100 Å². The van der Waals surface area contributed by atoms with Crippen LogP contribution >= 0.6 is 11.8 Å². The molecule has 3 amide bonds. The molecule has 0 radical (unpaired) electrons. The smallest absolute Gasteiger partial charge is 0.270 e. The quantitative estimate of drug-likeness (QED) is 0.0542. The molecule has 3 fully saturated rings. The largest absolute Gasteiger partial charge is 0.379 e. The van der Waals surface area contributed by atoms with Crippen LogP contribution in [-0.4, -0.2) is 179 Å². The minimum Gasteiger partial charge on any atom is -0.379 e. The molecule has 3 aromatic rings. The number of nitriles is 1. The molecule has 406 valence electrons. The normalized spacial score (nSPS) is 18.6. The summed E-state index contributed by atoms with van der Waals surface area (Å²) in [6.07, 6.45) is 9.03. The number of carbonyl (C=O) groups excluding carboxylic acids is 3. The Bertz CT molecular complexity index is 2160. The van der Waals surface area contributed by atoms with Crippen LogP contribution < -0.4 is 27.4 Å². The minimum atomic E-state index is -0.277. The molecule has 1 aromatic heterocycles. The second-order valence-corrected chi connectivity index (χ2v) is 20.7. The maximum absolute atomic E-state index is 13.8. The second-order valence-electron chi connectivity index (χ2n) is 19.4. The third-order valence-corrected chi connectivity index (χ3v) is 15.5. The predicted octanol–water partition coefficient (Wildman–Crippen LogP) is 4.12. The van der Waals surface area contributed by atoms with Gasteiger partial charge in [0.05, 0.1) is 70.1 Å². The van der Waals surface area contributed by atoms with E-state index < -0.39 is 0 Å². The van der Waals surface area contributed by atoms with Crippen LogP contribution in [0.2, 0.25) is 0 Å². The zero-order chi connectivity index (χ0) is 52.2. The SMILES string of the molecule is N#Cc1ccc(CN2CCC(NC(=O)c3ncc(C(=O)N4CCN(Cc5ccc(F)cc5)CC4)cc3CCCNC(=O)CCOCCOCCOCCOCCNCCCCCC3SCC(N)C3CN)CC2)cc1. The summed E-state index contributed by atoms with van der Waals surface area (Å²) in [5, 5.41) is 19.4. The van der Waals surface area contributed by atoms with Gasteiger partial charge in [0, 0.05) is 101 Å². The molecule has 19 heteroatoms. The van der Waals surface area contributed by atoms with Crippen LogP contribution in [0.4, 0.5) is 4.39 Å². The van der Waals surface area contributed by atoms with Gasteiger partial charge in [-0.3, -0.25) is 24.2 Å². The van der Waals surface area contributed by atoms with Crippen molar-refractivity contribution in [2.45, 2.75) is 88.2 Å². The number of halogens is 1. The maximum atomic E-state index is 13.8. The Morgan fingerprint density at radius 2 is 1.41 bits per heavy atom. The number of benzene rings is 2. The number of hydrogen-bond donors (Lipinski definition) is 5. The van der Waals surface area contributed by atoms with Crippen molar-refractivity contribution in [3.63, 3.8) is 0 Å². The fourth-order valence-electron chi connectivity index (χ4n) is 9.54. The number of unbranched alkanes of at least 4 members (excludes halogenated alkanes) is 2. The first-order chi connectivity index (χ1) is 36.2. The van der Waals surface area contributed by atoms with Crippen LogP contribution in [0.25, 0.3) is 0 Å². The van der Waals surface area contributed by atoms with E-state index in [4.69, 9.17) is 35.7 Å². The van der Waals surface area contributed by atoms with Crippen LogP contribution in [0.1, 0.15) is 94.5 Å². The van der Waals surface area contributed by atoms with Gasteiger partial charge in [-0.25, -0.2) is 9.37 Å². The summed E-state index contributed by atoms with van der Waals surface area (Å²) in [6.45, 7) is 12.0. The number of thioether (sulfide) groups is 1. The number of nitrogens with one attached hydrogen (secondary N) is 3. The van der Waals surface area contributed by atoms with Gasteiger partial charge in [-0.05, 0) is 105 Å². The molecule has 17 nitrogen and oxygen atoms in total. The van der Waals surface area contributed by atoms with Gasteiger partial charge in [-0.1, -0.05) is 37.1 Å². The second kappa shape index (κ2) is 33.4. The molecule has 0 aliphatic carbocycles. The van der Waals surface area contributed by atoms with Crippen molar-refractivity contribution in [2.75, 3.05) is 124 Å². The van der Waals surface area contributed by atoms with Crippen molar-refractivity contribution in [1.29, 1.82) is 5.26 Å². The van der Waals surface area contributed by atoms with Crippen molar-refractivity contribution in [1.82, 2.24) is 35.6 Å². The first kappa shape index (κ1) is 58.7. The molecular weight excluding hydrogens is 964 g/mol. The Kier molecular flexibility index (Phi) is 26.5. The van der Waals surface area contributed by atoms with Crippen molar-refractivity contribution in [3.8, 4) is 6.07 Å². The van der Waals surface area contributed by atoms with E-state index in [2.05, 4.69) is 36.8 Å². The minimum absolute atomic E-state index is 0.0262. The molecule has 0 saturated carbocycles. The number of aryl methyl sites for hydroxylation is 1. The van der Waals surface area contributed by atoms with Crippen LogP contribution in [0.15, 0.2) is 60.8 Å². The first-order valence-electron chi connectivity index (χ1n) is 26.8. The summed E-state index contributed by atoms with van der Waals surface area (Å²) in [4.78, 5) is 51.3. The molecule has 3 aliphatic rings. The Morgan fingerprint density at radius 3 is 2.07 bits per heavy atom. The van der Waals surface area contributed by atoms with Crippen LogP contribution in [0.3, 0.4) is 0 Å². The molecule has 74 heavy (non-hydrogen) atoms. The Balaban J connectivity index is 0.821. The van der Waals surface area contributed by atoms with Crippen molar-refractivity contribution >= 4 is 29.5 Å². The molecule has 0 spiro atoms. The molecule has 0 bridgehead atoms. The number of piperazine rings is 1. The highest BCUT2D eigenvalue weighted by Gasteiger charge is 2.33. The first-order valence-corrected chi connectivity index (χ1v) is 27.9. The van der Waals surface area contributed by atoms with E-state index >= 15 is 0 Å². The Labute approximate surface area is 442 Å². The summed E-state index contributed by atoms with van der Waals surface area (Å²) < 4.78 is 35.9. The number of aromatic nitrogens is 1.